The molecule has 1 aliphatic heterocycles. The first kappa shape index (κ1) is 15.4. The number of non-ortho nitro benzene ring substituents is 1. The van der Waals surface area contributed by atoms with Crippen LogP contribution in [0.4, 0.5) is 5.69 Å². The zero-order valence-electron chi connectivity index (χ0n) is 11.8. The summed E-state index contributed by atoms with van der Waals surface area (Å²) in [6, 6.07) is 5.80. The number of benzene rings is 1. The number of aliphatic imine (C=N–C) groups is 1. The Morgan fingerprint density at radius 2 is 2.17 bits per heavy atom. The lowest BCUT2D eigenvalue weighted by molar-refractivity contribution is -0.384. The molecule has 2 heterocycles. The van der Waals surface area contributed by atoms with Gasteiger partial charge in [0, 0.05) is 17.0 Å². The van der Waals surface area contributed by atoms with Crippen molar-refractivity contribution >= 4 is 46.6 Å². The Hall–Kier alpha value is -2.51. The molecule has 0 fully saturated rings. The largest absolute Gasteiger partial charge is 0.402 e. The Kier molecular flexibility index (Phi) is 3.97. The third kappa shape index (κ3) is 3.01. The molecule has 1 aromatic heterocycles. The summed E-state index contributed by atoms with van der Waals surface area (Å²) < 4.78 is 5.10. The summed E-state index contributed by atoms with van der Waals surface area (Å²) in [5.41, 5.74) is 1.20. The van der Waals surface area contributed by atoms with E-state index < -0.39 is 10.9 Å². The minimum Gasteiger partial charge on any atom is -0.402 e. The third-order valence-corrected chi connectivity index (χ3v) is 4.48. The fourth-order valence-electron chi connectivity index (χ4n) is 1.97. The van der Waals surface area contributed by atoms with Crippen LogP contribution < -0.4 is 0 Å². The van der Waals surface area contributed by atoms with Crippen LogP contribution in [0.2, 0.25) is 5.02 Å². The van der Waals surface area contributed by atoms with Gasteiger partial charge in [0.2, 0.25) is 5.90 Å². The van der Waals surface area contributed by atoms with Crippen LogP contribution in [-0.4, -0.2) is 16.8 Å². The van der Waals surface area contributed by atoms with Gasteiger partial charge in [-0.1, -0.05) is 11.6 Å². The molecule has 2 aromatic rings. The van der Waals surface area contributed by atoms with Crippen molar-refractivity contribution in [1.82, 2.24) is 0 Å². The molecule has 0 bridgehead atoms. The van der Waals surface area contributed by atoms with Gasteiger partial charge in [0.05, 0.1) is 15.5 Å². The van der Waals surface area contributed by atoms with Crippen molar-refractivity contribution in [2.24, 2.45) is 4.99 Å². The van der Waals surface area contributed by atoms with Gasteiger partial charge in [-0.25, -0.2) is 9.79 Å². The molecule has 0 radical (unpaired) electrons. The second kappa shape index (κ2) is 5.94. The molecule has 6 nitrogen and oxygen atoms in total. The van der Waals surface area contributed by atoms with E-state index in [1.54, 1.807) is 6.08 Å². The first-order valence-electron chi connectivity index (χ1n) is 6.46. The number of rotatable bonds is 3. The molecule has 116 valence electrons. The number of thiophene rings is 1. The van der Waals surface area contributed by atoms with Crippen LogP contribution in [0, 0.1) is 17.0 Å². The summed E-state index contributed by atoms with van der Waals surface area (Å²) in [7, 11) is 0. The number of hydrogen-bond acceptors (Lipinski definition) is 6. The molecule has 0 saturated heterocycles. The Morgan fingerprint density at radius 3 is 2.83 bits per heavy atom. The van der Waals surface area contributed by atoms with Crippen LogP contribution in [0.25, 0.3) is 6.08 Å². The second-order valence-electron chi connectivity index (χ2n) is 4.73. The highest BCUT2D eigenvalue weighted by Crippen LogP contribution is 2.28. The molecule has 0 unspecified atom stereocenters. The Balaban J connectivity index is 2.02. The van der Waals surface area contributed by atoms with E-state index in [0.29, 0.717) is 0 Å². The minimum atomic E-state index is -0.615. The van der Waals surface area contributed by atoms with Crippen LogP contribution in [0.3, 0.4) is 0 Å². The topological polar surface area (TPSA) is 81.8 Å². The number of nitro benzene ring substituents is 1. The highest BCUT2D eigenvalue weighted by molar-refractivity contribution is 7.11. The normalized spacial score (nSPS) is 15.7. The smallest absolute Gasteiger partial charge is 0.363 e. The highest BCUT2D eigenvalue weighted by atomic mass is 35.5. The molecule has 0 aliphatic carbocycles. The second-order valence-corrected chi connectivity index (χ2v) is 6.08. The standard InChI is InChI=1S/C15H9ClN2O4S/c1-8-4-5-23-13(8)7-12-15(19)22-14(17-12)10-6-9(18(20)21)2-3-11(10)16/h2-7H,1H3. The zero-order chi connectivity index (χ0) is 16.6. The number of hydrogen-bond donors (Lipinski definition) is 0. The number of carbonyl (C=O) groups excluding carboxylic acids is 1. The van der Waals surface area contributed by atoms with Crippen molar-refractivity contribution in [3.63, 3.8) is 0 Å². The lowest BCUT2D eigenvalue weighted by Crippen LogP contribution is -2.06. The van der Waals surface area contributed by atoms with Crippen molar-refractivity contribution in [2.75, 3.05) is 0 Å². The van der Waals surface area contributed by atoms with Crippen molar-refractivity contribution < 1.29 is 14.5 Å². The van der Waals surface area contributed by atoms with Gasteiger partial charge in [-0.15, -0.1) is 11.3 Å². The van der Waals surface area contributed by atoms with E-state index in [9.17, 15) is 14.9 Å². The van der Waals surface area contributed by atoms with Crippen LogP contribution in [0.1, 0.15) is 16.0 Å². The van der Waals surface area contributed by atoms with E-state index in [-0.39, 0.29) is 27.9 Å². The molecule has 0 N–H and O–H groups in total. The molecule has 0 saturated carbocycles. The monoisotopic (exact) mass is 348 g/mol. The molecule has 1 aliphatic rings. The maximum absolute atomic E-state index is 11.9. The number of cyclic esters (lactones) is 1. The summed E-state index contributed by atoms with van der Waals surface area (Å²) >= 11 is 7.51. The van der Waals surface area contributed by atoms with Crippen molar-refractivity contribution in [3.8, 4) is 0 Å². The molecule has 0 spiro atoms. The Labute approximate surface area is 139 Å². The van der Waals surface area contributed by atoms with Crippen LogP contribution in [0.15, 0.2) is 40.3 Å². The predicted molar refractivity (Wildman–Crippen MR) is 87.8 cm³/mol. The van der Waals surface area contributed by atoms with Gasteiger partial charge in [0.25, 0.3) is 5.69 Å². The molecular weight excluding hydrogens is 340 g/mol. The molecular formula is C15H9ClN2O4S. The van der Waals surface area contributed by atoms with Gasteiger partial charge < -0.3 is 4.74 Å². The molecule has 0 amide bonds. The van der Waals surface area contributed by atoms with Crippen molar-refractivity contribution in [1.29, 1.82) is 0 Å². The maximum atomic E-state index is 11.9. The molecule has 0 atom stereocenters. The fourth-order valence-corrected chi connectivity index (χ4v) is 3.02. The van der Waals surface area contributed by atoms with E-state index in [4.69, 9.17) is 16.3 Å². The first-order chi connectivity index (χ1) is 11.0. The van der Waals surface area contributed by atoms with Gasteiger partial charge in [-0.05, 0) is 36.1 Å². The zero-order valence-corrected chi connectivity index (χ0v) is 13.4. The van der Waals surface area contributed by atoms with Gasteiger partial charge in [-0.2, -0.15) is 0 Å². The molecule has 23 heavy (non-hydrogen) atoms. The van der Waals surface area contributed by atoms with E-state index in [0.717, 1.165) is 10.4 Å². The van der Waals surface area contributed by atoms with Gasteiger partial charge >= 0.3 is 5.97 Å². The van der Waals surface area contributed by atoms with E-state index in [1.807, 2.05) is 18.4 Å². The average molecular weight is 349 g/mol. The summed E-state index contributed by atoms with van der Waals surface area (Å²) in [4.78, 5) is 27.3. The minimum absolute atomic E-state index is 0.0378. The molecule has 8 heteroatoms. The maximum Gasteiger partial charge on any atom is 0.363 e. The Bertz CT molecular complexity index is 885. The van der Waals surface area contributed by atoms with Gasteiger partial charge in [0.15, 0.2) is 5.70 Å². The van der Waals surface area contributed by atoms with Crippen molar-refractivity contribution in [3.05, 3.63) is 66.5 Å². The van der Waals surface area contributed by atoms with Crippen LogP contribution in [-0.2, 0) is 9.53 Å². The summed E-state index contributed by atoms with van der Waals surface area (Å²) in [5.74, 6) is -0.653. The van der Waals surface area contributed by atoms with Gasteiger partial charge in [0.1, 0.15) is 0 Å². The Morgan fingerprint density at radius 1 is 1.39 bits per heavy atom. The van der Waals surface area contributed by atoms with E-state index >= 15 is 0 Å². The number of carbonyl (C=O) groups is 1. The van der Waals surface area contributed by atoms with E-state index in [1.165, 1.54) is 29.5 Å². The lowest BCUT2D eigenvalue weighted by Gasteiger charge is -2.02. The van der Waals surface area contributed by atoms with Crippen LogP contribution in [0.5, 0.6) is 0 Å². The average Bonchev–Trinajstić information content (AvgIpc) is 3.07. The van der Waals surface area contributed by atoms with Crippen molar-refractivity contribution in [2.45, 2.75) is 6.92 Å². The van der Waals surface area contributed by atoms with Gasteiger partial charge in [-0.3, -0.25) is 10.1 Å². The molecule has 3 rings (SSSR count). The number of halogens is 1. The number of nitro groups is 1. The lowest BCUT2D eigenvalue weighted by atomic mass is 10.2. The summed E-state index contributed by atoms with van der Waals surface area (Å²) in [6.07, 6.45) is 1.63. The first-order valence-corrected chi connectivity index (χ1v) is 7.72. The highest BCUT2D eigenvalue weighted by Gasteiger charge is 2.27. The SMILES string of the molecule is Cc1ccsc1C=C1N=C(c2cc([N+](=O)[O-])ccc2Cl)OC1=O. The number of ether oxygens (including phenoxy) is 1. The third-order valence-electron chi connectivity index (χ3n) is 3.18. The number of aryl methyl sites for hydroxylation is 1. The molecule has 1 aromatic carbocycles. The number of esters is 1. The number of nitrogens with zero attached hydrogens (tertiary/aromatic N) is 2. The summed E-state index contributed by atoms with van der Waals surface area (Å²) in [6.45, 7) is 1.92. The fraction of sp³-hybridized carbons (Fsp3) is 0.0667. The van der Waals surface area contributed by atoms with Crippen LogP contribution >= 0.6 is 22.9 Å². The quantitative estimate of drug-likeness (QED) is 0.364. The van der Waals surface area contributed by atoms with E-state index in [2.05, 4.69) is 4.99 Å². The predicted octanol–water partition coefficient (Wildman–Crippen LogP) is 3.96. The summed E-state index contributed by atoms with van der Waals surface area (Å²) in [5, 5.41) is 13.0.